The fourth-order valence-corrected chi connectivity index (χ4v) is 6.51. The van der Waals surface area contributed by atoms with Gasteiger partial charge in [-0.15, -0.1) is 0 Å². The van der Waals surface area contributed by atoms with Crippen molar-refractivity contribution in [1.29, 1.82) is 0 Å². The molecule has 3 heterocycles. The second kappa shape index (κ2) is 11.6. The van der Waals surface area contributed by atoms with Crippen LogP contribution in [0.25, 0.3) is 0 Å². The number of aryl methyl sites for hydroxylation is 1. The number of benzene rings is 1. The lowest BCUT2D eigenvalue weighted by molar-refractivity contribution is -0.140. The first-order chi connectivity index (χ1) is 16.4. The summed E-state index contributed by atoms with van der Waals surface area (Å²) in [5, 5.41) is 0. The molecule has 0 spiro atoms. The summed E-state index contributed by atoms with van der Waals surface area (Å²) in [6.45, 7) is 4.62. The van der Waals surface area contributed by atoms with Gasteiger partial charge in [0.15, 0.2) is 0 Å². The van der Waals surface area contributed by atoms with Gasteiger partial charge in [0.1, 0.15) is 0 Å². The fourth-order valence-electron chi connectivity index (χ4n) is 5.10. The molecule has 0 saturated carbocycles. The highest BCUT2D eigenvalue weighted by Crippen LogP contribution is 2.23. The number of amides is 2. The van der Waals surface area contributed by atoms with Gasteiger partial charge in [0.2, 0.25) is 21.8 Å². The maximum atomic E-state index is 12.9. The number of rotatable bonds is 6. The van der Waals surface area contributed by atoms with E-state index in [0.29, 0.717) is 52.2 Å². The van der Waals surface area contributed by atoms with Gasteiger partial charge in [-0.2, -0.15) is 4.31 Å². The molecular formula is C25H37N3O5S. The van der Waals surface area contributed by atoms with E-state index in [1.807, 2.05) is 9.80 Å². The van der Waals surface area contributed by atoms with Crippen LogP contribution in [-0.2, 0) is 30.8 Å². The van der Waals surface area contributed by atoms with Crippen molar-refractivity contribution in [2.24, 2.45) is 5.92 Å². The van der Waals surface area contributed by atoms with E-state index >= 15 is 0 Å². The van der Waals surface area contributed by atoms with Crippen LogP contribution in [0.2, 0.25) is 0 Å². The third-order valence-corrected chi connectivity index (χ3v) is 9.19. The third-order valence-electron chi connectivity index (χ3n) is 7.27. The van der Waals surface area contributed by atoms with Gasteiger partial charge < -0.3 is 14.5 Å². The smallest absolute Gasteiger partial charge is 0.243 e. The molecule has 2 amide bonds. The number of hydrogen-bond donors (Lipinski definition) is 0. The van der Waals surface area contributed by atoms with Crippen LogP contribution in [-0.4, -0.2) is 86.8 Å². The normalized spacial score (nSPS) is 21.3. The molecule has 9 heteroatoms. The van der Waals surface area contributed by atoms with Gasteiger partial charge in [-0.05, 0) is 49.8 Å². The van der Waals surface area contributed by atoms with Crippen molar-refractivity contribution in [3.8, 4) is 0 Å². The fraction of sp³-hybridized carbons (Fsp3) is 0.680. The summed E-state index contributed by atoms with van der Waals surface area (Å²) in [6.07, 6.45) is 7.08. The third kappa shape index (κ3) is 6.17. The number of sulfonamides is 1. The maximum absolute atomic E-state index is 12.9. The monoisotopic (exact) mass is 491 g/mol. The van der Waals surface area contributed by atoms with Gasteiger partial charge in [0.25, 0.3) is 0 Å². The molecule has 3 saturated heterocycles. The molecule has 3 aliphatic rings. The first-order valence-corrected chi connectivity index (χ1v) is 14.1. The van der Waals surface area contributed by atoms with Crippen LogP contribution < -0.4 is 0 Å². The van der Waals surface area contributed by atoms with Crippen LogP contribution >= 0.6 is 0 Å². The van der Waals surface area contributed by atoms with Crippen LogP contribution in [0.4, 0.5) is 0 Å². The summed E-state index contributed by atoms with van der Waals surface area (Å²) < 4.78 is 32.2. The van der Waals surface area contributed by atoms with E-state index in [2.05, 4.69) is 0 Å². The molecule has 0 atom stereocenters. The zero-order valence-corrected chi connectivity index (χ0v) is 20.8. The van der Waals surface area contributed by atoms with Crippen molar-refractivity contribution in [2.75, 3.05) is 52.5 Å². The topological polar surface area (TPSA) is 87.2 Å². The number of morpholine rings is 1. The molecule has 0 unspecified atom stereocenters. The number of carbonyl (C=O) groups is 2. The van der Waals surface area contributed by atoms with E-state index in [4.69, 9.17) is 4.74 Å². The molecule has 188 valence electrons. The lowest BCUT2D eigenvalue weighted by Crippen LogP contribution is -2.44. The van der Waals surface area contributed by atoms with Crippen LogP contribution in [0.5, 0.6) is 0 Å². The number of hydrogen-bond acceptors (Lipinski definition) is 5. The van der Waals surface area contributed by atoms with Crippen molar-refractivity contribution in [3.63, 3.8) is 0 Å². The molecule has 4 rings (SSSR count). The average Bonchev–Trinajstić information content (AvgIpc) is 3.17. The van der Waals surface area contributed by atoms with E-state index in [1.165, 1.54) is 17.1 Å². The molecule has 8 nitrogen and oxygen atoms in total. The summed E-state index contributed by atoms with van der Waals surface area (Å²) >= 11 is 0. The van der Waals surface area contributed by atoms with Crippen molar-refractivity contribution in [2.45, 2.75) is 56.3 Å². The van der Waals surface area contributed by atoms with Gasteiger partial charge in [-0.3, -0.25) is 9.59 Å². The minimum atomic E-state index is -3.50. The second-order valence-electron chi connectivity index (χ2n) is 9.55. The predicted octanol–water partition coefficient (Wildman–Crippen LogP) is 2.28. The number of ether oxygens (including phenoxy) is 1. The Morgan fingerprint density at radius 1 is 0.824 bits per heavy atom. The number of carbonyl (C=O) groups excluding carboxylic acids is 2. The van der Waals surface area contributed by atoms with E-state index in [9.17, 15) is 18.0 Å². The van der Waals surface area contributed by atoms with Crippen molar-refractivity contribution >= 4 is 21.8 Å². The van der Waals surface area contributed by atoms with Crippen LogP contribution in [0.15, 0.2) is 29.2 Å². The minimum absolute atomic E-state index is 0.0445. The molecule has 3 aliphatic heterocycles. The summed E-state index contributed by atoms with van der Waals surface area (Å²) in [5.74, 6) is 0.426. The lowest BCUT2D eigenvalue weighted by atomic mass is 9.94. The Morgan fingerprint density at radius 3 is 2.06 bits per heavy atom. The summed E-state index contributed by atoms with van der Waals surface area (Å²) in [6, 6.07) is 6.86. The molecule has 3 fully saturated rings. The molecule has 0 N–H and O–H groups in total. The molecule has 0 bridgehead atoms. The largest absolute Gasteiger partial charge is 0.379 e. The highest BCUT2D eigenvalue weighted by molar-refractivity contribution is 7.89. The Labute approximate surface area is 203 Å². The summed E-state index contributed by atoms with van der Waals surface area (Å²) in [4.78, 5) is 29.8. The lowest BCUT2D eigenvalue weighted by Gasteiger charge is -2.34. The molecule has 34 heavy (non-hydrogen) atoms. The highest BCUT2D eigenvalue weighted by atomic mass is 32.2. The minimum Gasteiger partial charge on any atom is -0.379 e. The maximum Gasteiger partial charge on any atom is 0.243 e. The summed E-state index contributed by atoms with van der Waals surface area (Å²) in [7, 11) is -3.50. The Bertz CT molecular complexity index is 928. The Kier molecular flexibility index (Phi) is 8.60. The SMILES string of the molecule is O=C(CCc1ccc(S(=O)(=O)N2CCOCC2)cc1)N1CCC(C(=O)N2CCCCCC2)CC1. The van der Waals surface area contributed by atoms with Crippen molar-refractivity contribution in [1.82, 2.24) is 14.1 Å². The standard InChI is InChI=1S/C25H37N3O5S/c29-24(26-15-11-22(12-16-26)25(30)27-13-3-1-2-4-14-27)10-7-21-5-8-23(9-6-21)34(31,32)28-17-19-33-20-18-28/h5-6,8-9,22H,1-4,7,10-20H2. The van der Waals surface area contributed by atoms with E-state index in [-0.39, 0.29) is 22.6 Å². The van der Waals surface area contributed by atoms with Gasteiger partial charge in [-0.25, -0.2) is 8.42 Å². The predicted molar refractivity (Wildman–Crippen MR) is 129 cm³/mol. The van der Waals surface area contributed by atoms with E-state index in [1.54, 1.807) is 24.3 Å². The zero-order chi connectivity index (χ0) is 24.0. The molecule has 0 aliphatic carbocycles. The van der Waals surface area contributed by atoms with Crippen LogP contribution in [0.3, 0.4) is 0 Å². The van der Waals surface area contributed by atoms with E-state index < -0.39 is 10.0 Å². The van der Waals surface area contributed by atoms with Crippen molar-refractivity contribution in [3.05, 3.63) is 29.8 Å². The molecule has 1 aromatic carbocycles. The quantitative estimate of drug-likeness (QED) is 0.609. The van der Waals surface area contributed by atoms with Crippen LogP contribution in [0, 0.1) is 5.92 Å². The highest BCUT2D eigenvalue weighted by Gasteiger charge is 2.30. The molecule has 0 aromatic heterocycles. The number of likely N-dealkylation sites (tertiary alicyclic amines) is 2. The number of nitrogens with zero attached hydrogens (tertiary/aromatic N) is 3. The average molecular weight is 492 g/mol. The van der Waals surface area contributed by atoms with Gasteiger partial charge in [0.05, 0.1) is 18.1 Å². The van der Waals surface area contributed by atoms with Crippen molar-refractivity contribution < 1.29 is 22.7 Å². The van der Waals surface area contributed by atoms with Crippen LogP contribution in [0.1, 0.15) is 50.5 Å². The van der Waals surface area contributed by atoms with Gasteiger partial charge in [0, 0.05) is 51.6 Å². The zero-order valence-electron chi connectivity index (χ0n) is 20.0. The first kappa shape index (κ1) is 25.1. The van der Waals surface area contributed by atoms with E-state index in [0.717, 1.165) is 44.3 Å². The van der Waals surface area contributed by atoms with Gasteiger partial charge in [-0.1, -0.05) is 25.0 Å². The molecule has 0 radical (unpaired) electrons. The molecular weight excluding hydrogens is 454 g/mol. The Hall–Kier alpha value is -1.97. The Balaban J connectivity index is 1.23. The first-order valence-electron chi connectivity index (χ1n) is 12.7. The molecule has 1 aromatic rings. The second-order valence-corrected chi connectivity index (χ2v) is 11.5. The Morgan fingerprint density at radius 2 is 1.44 bits per heavy atom. The van der Waals surface area contributed by atoms with Gasteiger partial charge >= 0.3 is 0 Å². The summed E-state index contributed by atoms with van der Waals surface area (Å²) in [5.41, 5.74) is 0.945. The number of piperidine rings is 1.